The Morgan fingerprint density at radius 1 is 0.786 bits per heavy atom. The number of unbranched alkanes of at least 4 members (excludes halogenated alkanes) is 2. The highest BCUT2D eigenvalue weighted by atomic mass is 13.7. The summed E-state index contributed by atoms with van der Waals surface area (Å²) in [7, 11) is 0. The normalized spacial score (nSPS) is 6.50. The molecule has 0 N–H and O–H groups in total. The average molecular weight is 202 g/mol. The molecule has 0 aromatic rings. The highest BCUT2D eigenvalue weighted by molar-refractivity contribution is 4.63. The molecular weight excluding hydrogens is 168 g/mol. The molecule has 0 aliphatic carbocycles. The molecule has 14 heavy (non-hydrogen) atoms. The van der Waals surface area contributed by atoms with Crippen molar-refractivity contribution >= 4 is 0 Å². The molecule has 0 atom stereocenters. The summed E-state index contributed by atoms with van der Waals surface area (Å²) < 4.78 is 0. The predicted molar refractivity (Wildman–Crippen MR) is 73.0 cm³/mol. The van der Waals surface area contributed by atoms with Crippen LogP contribution in [0.4, 0.5) is 0 Å². The van der Waals surface area contributed by atoms with Crippen molar-refractivity contribution in [3.8, 4) is 0 Å². The van der Waals surface area contributed by atoms with Crippen LogP contribution in [0.5, 0.6) is 0 Å². The van der Waals surface area contributed by atoms with Gasteiger partial charge in [0, 0.05) is 0 Å². The van der Waals surface area contributed by atoms with Crippen LogP contribution in [0.25, 0.3) is 0 Å². The van der Waals surface area contributed by atoms with E-state index in [-0.39, 0.29) is 0 Å². The predicted octanol–water partition coefficient (Wildman–Crippen LogP) is 6.22. The van der Waals surface area contributed by atoms with Gasteiger partial charge in [0.2, 0.25) is 0 Å². The van der Waals surface area contributed by atoms with Crippen LogP contribution in [-0.4, -0.2) is 0 Å². The van der Waals surface area contributed by atoms with Crippen LogP contribution in [0.15, 0.2) is 12.7 Å². The third kappa shape index (κ3) is 180. The van der Waals surface area contributed by atoms with Crippen molar-refractivity contribution in [2.24, 2.45) is 0 Å². The van der Waals surface area contributed by atoms with Gasteiger partial charge in [0.1, 0.15) is 0 Å². The van der Waals surface area contributed by atoms with E-state index in [2.05, 4.69) is 41.2 Å². The molecule has 0 rings (SSSR count). The minimum absolute atomic E-state index is 1.15. The lowest BCUT2D eigenvalue weighted by Gasteiger charge is -1.72. The second-order valence-corrected chi connectivity index (χ2v) is 2.78. The Morgan fingerprint density at radius 3 is 1.07 bits per heavy atom. The summed E-state index contributed by atoms with van der Waals surface area (Å²) in [5, 5.41) is 0. The van der Waals surface area contributed by atoms with Crippen molar-refractivity contribution in [2.75, 3.05) is 0 Å². The zero-order valence-electron chi connectivity index (χ0n) is 11.8. The van der Waals surface area contributed by atoms with Crippen LogP contribution in [0.3, 0.4) is 0 Å². The third-order valence-electron chi connectivity index (χ3n) is 0.993. The first-order valence-corrected chi connectivity index (χ1v) is 6.35. The zero-order chi connectivity index (χ0) is 12.2. The zero-order valence-corrected chi connectivity index (χ0v) is 11.8. The van der Waals surface area contributed by atoms with Gasteiger partial charge in [-0.15, -0.1) is 6.58 Å². The molecular formula is C14H34. The second kappa shape index (κ2) is 53.3. The highest BCUT2D eigenvalue weighted by Gasteiger charge is 1.61. The van der Waals surface area contributed by atoms with Gasteiger partial charge in [0.15, 0.2) is 0 Å². The van der Waals surface area contributed by atoms with E-state index in [0.717, 1.165) is 6.42 Å². The van der Waals surface area contributed by atoms with Crippen molar-refractivity contribution in [1.29, 1.82) is 0 Å². The van der Waals surface area contributed by atoms with Gasteiger partial charge in [0.25, 0.3) is 0 Å². The monoisotopic (exact) mass is 202 g/mol. The van der Waals surface area contributed by atoms with Gasteiger partial charge in [-0.25, -0.2) is 0 Å². The van der Waals surface area contributed by atoms with E-state index in [1.165, 1.54) is 25.7 Å². The maximum absolute atomic E-state index is 3.55. The molecule has 0 aromatic heterocycles. The summed E-state index contributed by atoms with van der Waals surface area (Å²) in [6, 6.07) is 0. The van der Waals surface area contributed by atoms with Crippen LogP contribution in [0.2, 0.25) is 0 Å². The molecule has 0 bridgehead atoms. The fourth-order valence-corrected chi connectivity index (χ4v) is 0.204. The maximum atomic E-state index is 3.55. The number of rotatable bonds is 3. The van der Waals surface area contributed by atoms with Crippen molar-refractivity contribution in [2.45, 2.75) is 80.6 Å². The lowest BCUT2D eigenvalue weighted by Crippen LogP contribution is -1.52. The van der Waals surface area contributed by atoms with Crippen molar-refractivity contribution in [3.05, 3.63) is 12.7 Å². The van der Waals surface area contributed by atoms with Crippen LogP contribution >= 0.6 is 0 Å². The summed E-state index contributed by atoms with van der Waals surface area (Å²) in [5.74, 6) is 0. The topological polar surface area (TPSA) is 0 Å². The standard InChI is InChI=1S/C5H10.C4H10.C3H8.C2H6/c1-3-5-4-2;1-3-4-2;1-3-2;1-2/h3H,1,4-5H2,2H3;3-4H2,1-2H3;3H2,1-2H3;1-2H3. The molecule has 0 saturated heterocycles. The van der Waals surface area contributed by atoms with Crippen molar-refractivity contribution in [3.63, 3.8) is 0 Å². The Balaban J connectivity index is -0.0000000505. The van der Waals surface area contributed by atoms with Gasteiger partial charge in [-0.05, 0) is 6.42 Å². The van der Waals surface area contributed by atoms with Gasteiger partial charge in [-0.2, -0.15) is 0 Å². The van der Waals surface area contributed by atoms with Crippen molar-refractivity contribution in [1.82, 2.24) is 0 Å². The minimum atomic E-state index is 1.15. The first-order valence-electron chi connectivity index (χ1n) is 6.35. The molecule has 0 nitrogen and oxygen atoms in total. The summed E-state index contributed by atoms with van der Waals surface area (Å²) in [4.78, 5) is 0. The Morgan fingerprint density at radius 2 is 1.07 bits per heavy atom. The second-order valence-electron chi connectivity index (χ2n) is 2.78. The molecule has 0 aromatic carbocycles. The molecule has 0 aliphatic rings. The third-order valence-corrected chi connectivity index (χ3v) is 0.993. The summed E-state index contributed by atoms with van der Waals surface area (Å²) >= 11 is 0. The Hall–Kier alpha value is -0.260. The molecule has 0 spiro atoms. The van der Waals surface area contributed by atoms with Crippen LogP contribution in [0, 0.1) is 0 Å². The first kappa shape index (κ1) is 23.5. The number of allylic oxidation sites excluding steroid dienone is 1. The fraction of sp³-hybridized carbons (Fsp3) is 0.857. The molecule has 0 aliphatic heterocycles. The van der Waals surface area contributed by atoms with Crippen LogP contribution in [-0.2, 0) is 0 Å². The molecule has 90 valence electrons. The molecule has 0 heteroatoms. The highest BCUT2D eigenvalue weighted by Crippen LogP contribution is 1.82. The summed E-state index contributed by atoms with van der Waals surface area (Å²) in [6.45, 7) is 18.3. The fourth-order valence-electron chi connectivity index (χ4n) is 0.204. The maximum Gasteiger partial charge on any atom is -0.0356 e. The molecule has 0 unspecified atom stereocenters. The Bertz CT molecular complexity index is 44.0. The van der Waals surface area contributed by atoms with E-state index in [1.54, 1.807) is 0 Å². The molecule has 0 amide bonds. The largest absolute Gasteiger partial charge is 0.103 e. The summed E-state index contributed by atoms with van der Waals surface area (Å²) in [6.07, 6.45) is 8.20. The van der Waals surface area contributed by atoms with E-state index in [0.29, 0.717) is 0 Å². The average Bonchev–Trinajstić information content (AvgIpc) is 2.24. The van der Waals surface area contributed by atoms with Gasteiger partial charge in [0.05, 0.1) is 0 Å². The SMILES string of the molecule is C=CCCC.CC.CCC.CCCC. The Labute approximate surface area is 93.8 Å². The lowest BCUT2D eigenvalue weighted by molar-refractivity contribution is 0.886. The van der Waals surface area contributed by atoms with Crippen molar-refractivity contribution < 1.29 is 0 Å². The molecule has 0 radical (unpaired) electrons. The van der Waals surface area contributed by atoms with E-state index in [9.17, 15) is 0 Å². The van der Waals surface area contributed by atoms with Gasteiger partial charge < -0.3 is 0 Å². The molecule has 0 saturated carbocycles. The number of hydrogen-bond donors (Lipinski definition) is 0. The summed E-state index contributed by atoms with van der Waals surface area (Å²) in [5.41, 5.74) is 0. The molecule has 0 fully saturated rings. The lowest BCUT2D eigenvalue weighted by atomic mass is 10.3. The van der Waals surface area contributed by atoms with Gasteiger partial charge >= 0.3 is 0 Å². The molecule has 0 heterocycles. The van der Waals surface area contributed by atoms with Crippen LogP contribution < -0.4 is 0 Å². The van der Waals surface area contributed by atoms with Gasteiger partial charge in [-0.1, -0.05) is 80.2 Å². The Kier molecular flexibility index (Phi) is 89.5. The number of hydrogen-bond acceptors (Lipinski definition) is 0. The van der Waals surface area contributed by atoms with E-state index >= 15 is 0 Å². The smallest absolute Gasteiger partial charge is 0.0356 e. The van der Waals surface area contributed by atoms with E-state index in [4.69, 9.17) is 0 Å². The van der Waals surface area contributed by atoms with E-state index < -0.39 is 0 Å². The van der Waals surface area contributed by atoms with E-state index in [1.807, 2.05) is 19.9 Å². The quantitative estimate of drug-likeness (QED) is 0.476. The van der Waals surface area contributed by atoms with Crippen LogP contribution in [0.1, 0.15) is 80.6 Å². The first-order chi connectivity index (χ1) is 6.74. The minimum Gasteiger partial charge on any atom is -0.103 e. The van der Waals surface area contributed by atoms with Gasteiger partial charge in [-0.3, -0.25) is 0 Å².